The summed E-state index contributed by atoms with van der Waals surface area (Å²) in [6.45, 7) is 1.71. The number of rotatable bonds is 4. The molecule has 1 aliphatic rings. The maximum Gasteiger partial charge on any atom is 0.229 e. The molecule has 1 heterocycles. The molecule has 27 heavy (non-hydrogen) atoms. The highest BCUT2D eigenvalue weighted by Crippen LogP contribution is 2.31. The maximum atomic E-state index is 14.0. The fraction of sp³-hybridized carbons (Fsp3) is 0.263. The topological polar surface area (TPSA) is 58.6 Å². The van der Waals surface area contributed by atoms with Gasteiger partial charge in [-0.25, -0.2) is 13.2 Å². The smallest absolute Gasteiger partial charge is 0.229 e. The van der Waals surface area contributed by atoms with Gasteiger partial charge in [0.25, 0.3) is 0 Å². The molecule has 1 fully saturated rings. The van der Waals surface area contributed by atoms with Gasteiger partial charge in [-0.15, -0.1) is 0 Å². The zero-order chi connectivity index (χ0) is 19.7. The fourth-order valence-electron chi connectivity index (χ4n) is 2.99. The third-order valence-electron chi connectivity index (χ3n) is 4.41. The monoisotopic (exact) mass is 378 g/mol. The summed E-state index contributed by atoms with van der Waals surface area (Å²) < 4.78 is 45.7. The Hall–Kier alpha value is -3.03. The van der Waals surface area contributed by atoms with Crippen molar-refractivity contribution < 1.29 is 27.5 Å². The number of halogens is 3. The van der Waals surface area contributed by atoms with Crippen molar-refractivity contribution in [3.05, 3.63) is 53.3 Å². The van der Waals surface area contributed by atoms with Gasteiger partial charge in [0, 0.05) is 13.0 Å². The second-order valence-electron chi connectivity index (χ2n) is 6.29. The number of benzene rings is 2. The van der Waals surface area contributed by atoms with Crippen LogP contribution in [-0.2, 0) is 9.59 Å². The fourth-order valence-corrected chi connectivity index (χ4v) is 2.99. The van der Waals surface area contributed by atoms with Crippen LogP contribution in [0.3, 0.4) is 0 Å². The van der Waals surface area contributed by atoms with E-state index in [0.29, 0.717) is 11.4 Å². The first-order valence-corrected chi connectivity index (χ1v) is 8.21. The predicted molar refractivity (Wildman–Crippen MR) is 93.1 cm³/mol. The quantitative estimate of drug-likeness (QED) is 0.830. The summed E-state index contributed by atoms with van der Waals surface area (Å²) in [4.78, 5) is 25.7. The first-order chi connectivity index (χ1) is 12.8. The number of ether oxygens (including phenoxy) is 1. The molecule has 0 aliphatic carbocycles. The van der Waals surface area contributed by atoms with Gasteiger partial charge in [-0.05, 0) is 36.8 Å². The van der Waals surface area contributed by atoms with Crippen molar-refractivity contribution in [3.8, 4) is 5.75 Å². The molecule has 1 atom stereocenters. The van der Waals surface area contributed by atoms with Gasteiger partial charge in [0.05, 0.1) is 24.4 Å². The number of nitrogens with one attached hydrogen (secondary N) is 1. The number of hydrogen-bond acceptors (Lipinski definition) is 3. The minimum Gasteiger partial charge on any atom is -0.495 e. The highest BCUT2D eigenvalue weighted by Gasteiger charge is 2.37. The van der Waals surface area contributed by atoms with Crippen LogP contribution in [-0.4, -0.2) is 25.5 Å². The number of anilines is 2. The van der Waals surface area contributed by atoms with E-state index in [9.17, 15) is 22.8 Å². The second kappa shape index (κ2) is 7.30. The molecule has 0 saturated carbocycles. The highest BCUT2D eigenvalue weighted by molar-refractivity contribution is 6.04. The molecule has 8 heteroatoms. The van der Waals surface area contributed by atoms with Crippen LogP contribution < -0.4 is 15.0 Å². The Kier molecular flexibility index (Phi) is 5.07. The summed E-state index contributed by atoms with van der Waals surface area (Å²) in [6, 6.07) is 6.97. The minimum atomic E-state index is -1.65. The van der Waals surface area contributed by atoms with Gasteiger partial charge in [-0.2, -0.15) is 0 Å². The van der Waals surface area contributed by atoms with E-state index in [0.717, 1.165) is 22.6 Å². The van der Waals surface area contributed by atoms with Gasteiger partial charge in [-0.1, -0.05) is 6.07 Å². The Bertz CT molecular complexity index is 917. The Balaban J connectivity index is 1.79. The van der Waals surface area contributed by atoms with Gasteiger partial charge < -0.3 is 15.0 Å². The molecule has 3 rings (SSSR count). The molecule has 1 N–H and O–H groups in total. The highest BCUT2D eigenvalue weighted by atomic mass is 19.2. The van der Waals surface area contributed by atoms with Crippen molar-refractivity contribution in [1.82, 2.24) is 0 Å². The van der Waals surface area contributed by atoms with Crippen molar-refractivity contribution in [2.45, 2.75) is 13.3 Å². The lowest BCUT2D eigenvalue weighted by Gasteiger charge is -2.18. The van der Waals surface area contributed by atoms with Crippen LogP contribution in [0.5, 0.6) is 5.75 Å². The van der Waals surface area contributed by atoms with E-state index < -0.39 is 35.2 Å². The van der Waals surface area contributed by atoms with Crippen LogP contribution in [0.15, 0.2) is 30.3 Å². The van der Waals surface area contributed by atoms with E-state index in [4.69, 9.17) is 4.74 Å². The number of aryl methyl sites for hydroxylation is 1. The van der Waals surface area contributed by atoms with Gasteiger partial charge in [0.15, 0.2) is 17.5 Å². The molecule has 142 valence electrons. The zero-order valence-electron chi connectivity index (χ0n) is 14.7. The van der Waals surface area contributed by atoms with Gasteiger partial charge in [0.2, 0.25) is 11.8 Å². The van der Waals surface area contributed by atoms with E-state index in [1.54, 1.807) is 12.1 Å². The molecule has 1 aliphatic heterocycles. The number of carbonyl (C=O) groups is 2. The van der Waals surface area contributed by atoms with Crippen molar-refractivity contribution in [1.29, 1.82) is 0 Å². The number of carbonyl (C=O) groups excluding carboxylic acids is 2. The Morgan fingerprint density at radius 1 is 1.19 bits per heavy atom. The third-order valence-corrected chi connectivity index (χ3v) is 4.41. The van der Waals surface area contributed by atoms with Crippen LogP contribution in [0.25, 0.3) is 0 Å². The molecule has 1 unspecified atom stereocenters. The minimum absolute atomic E-state index is 0.138. The number of nitrogens with zero attached hydrogens (tertiary/aromatic N) is 1. The SMILES string of the molecule is COc1ccc(C)cc1NC(=O)C1CC(=O)N(c2ccc(F)c(F)c2F)C1. The number of hydrogen-bond donors (Lipinski definition) is 1. The molecule has 0 spiro atoms. The van der Waals surface area contributed by atoms with E-state index >= 15 is 0 Å². The standard InChI is InChI=1S/C19H17F3N2O3/c1-10-3-6-15(27-2)13(7-10)23-19(26)11-8-16(25)24(9-11)14-5-4-12(20)17(21)18(14)22/h3-7,11H,8-9H2,1-2H3,(H,23,26). The normalized spacial score (nSPS) is 16.6. The predicted octanol–water partition coefficient (Wildman–Crippen LogP) is 3.41. The van der Waals surface area contributed by atoms with Crippen molar-refractivity contribution in [3.63, 3.8) is 0 Å². The van der Waals surface area contributed by atoms with E-state index in [1.807, 2.05) is 13.0 Å². The molecule has 0 aromatic heterocycles. The molecular weight excluding hydrogens is 361 g/mol. The number of amides is 2. The largest absolute Gasteiger partial charge is 0.495 e. The van der Waals surface area contributed by atoms with E-state index in [-0.39, 0.29) is 18.7 Å². The lowest BCUT2D eigenvalue weighted by Crippen LogP contribution is -2.29. The lowest BCUT2D eigenvalue weighted by molar-refractivity contribution is -0.122. The molecule has 2 aromatic rings. The average molecular weight is 378 g/mol. The maximum absolute atomic E-state index is 14.0. The molecule has 2 aromatic carbocycles. The molecular formula is C19H17F3N2O3. The summed E-state index contributed by atoms with van der Waals surface area (Å²) in [7, 11) is 1.47. The first-order valence-electron chi connectivity index (χ1n) is 8.21. The van der Waals surface area contributed by atoms with Gasteiger partial charge in [0.1, 0.15) is 5.75 Å². The van der Waals surface area contributed by atoms with E-state index in [2.05, 4.69) is 5.32 Å². The third kappa shape index (κ3) is 3.60. The van der Waals surface area contributed by atoms with Crippen LogP contribution in [0.4, 0.5) is 24.5 Å². The summed E-state index contributed by atoms with van der Waals surface area (Å²) in [5.74, 6) is -5.75. The van der Waals surface area contributed by atoms with Crippen LogP contribution in [0.1, 0.15) is 12.0 Å². The lowest BCUT2D eigenvalue weighted by atomic mass is 10.1. The zero-order valence-corrected chi connectivity index (χ0v) is 14.7. The Morgan fingerprint density at radius 2 is 1.93 bits per heavy atom. The van der Waals surface area contributed by atoms with Crippen molar-refractivity contribution >= 4 is 23.2 Å². The van der Waals surface area contributed by atoms with Crippen LogP contribution in [0.2, 0.25) is 0 Å². The molecule has 1 saturated heterocycles. The first kappa shape index (κ1) is 18.8. The second-order valence-corrected chi connectivity index (χ2v) is 6.29. The summed E-state index contributed by atoms with van der Waals surface area (Å²) in [6.07, 6.45) is -0.168. The Morgan fingerprint density at radius 3 is 2.63 bits per heavy atom. The van der Waals surface area contributed by atoms with Crippen LogP contribution in [0, 0.1) is 30.3 Å². The Labute approximate surface area is 153 Å². The van der Waals surface area contributed by atoms with Crippen LogP contribution >= 0.6 is 0 Å². The molecule has 5 nitrogen and oxygen atoms in total. The molecule has 2 amide bonds. The van der Waals surface area contributed by atoms with Crippen molar-refractivity contribution in [2.24, 2.45) is 5.92 Å². The van der Waals surface area contributed by atoms with Crippen molar-refractivity contribution in [2.75, 3.05) is 23.9 Å². The van der Waals surface area contributed by atoms with E-state index in [1.165, 1.54) is 7.11 Å². The molecule has 0 bridgehead atoms. The van der Waals surface area contributed by atoms with Gasteiger partial charge >= 0.3 is 0 Å². The number of methoxy groups -OCH3 is 1. The summed E-state index contributed by atoms with van der Waals surface area (Å²) >= 11 is 0. The summed E-state index contributed by atoms with van der Waals surface area (Å²) in [5, 5.41) is 2.70. The average Bonchev–Trinajstić information content (AvgIpc) is 3.02. The molecule has 0 radical (unpaired) electrons. The summed E-state index contributed by atoms with van der Waals surface area (Å²) in [5.41, 5.74) is 0.967. The van der Waals surface area contributed by atoms with Gasteiger partial charge in [-0.3, -0.25) is 9.59 Å².